The number of anilines is 1. The predicted octanol–water partition coefficient (Wildman–Crippen LogP) is 5.96. The highest BCUT2D eigenvalue weighted by Crippen LogP contribution is 2.42. The van der Waals surface area contributed by atoms with E-state index >= 15 is 0 Å². The summed E-state index contributed by atoms with van der Waals surface area (Å²) < 4.78 is 7.10. The van der Waals surface area contributed by atoms with E-state index in [1.807, 2.05) is 53.2 Å². The van der Waals surface area contributed by atoms with Crippen LogP contribution in [0.5, 0.6) is 0 Å². The summed E-state index contributed by atoms with van der Waals surface area (Å²) >= 11 is 5.88. The van der Waals surface area contributed by atoms with Crippen LogP contribution in [-0.2, 0) is 4.74 Å². The number of nitrogens with one attached hydrogen (secondary N) is 1. The Morgan fingerprint density at radius 1 is 1.00 bits per heavy atom. The molecule has 0 unspecified atom stereocenters. The Hall–Kier alpha value is -3.97. The van der Waals surface area contributed by atoms with Gasteiger partial charge in [-0.1, -0.05) is 44.2 Å². The van der Waals surface area contributed by atoms with Crippen molar-refractivity contribution in [2.75, 3.05) is 12.0 Å². The first-order chi connectivity index (χ1) is 17.5. The van der Waals surface area contributed by atoms with Crippen LogP contribution in [0.4, 0.5) is 5.69 Å². The second kappa shape index (κ2) is 9.95. The van der Waals surface area contributed by atoms with Gasteiger partial charge in [0.25, 0.3) is 0 Å². The van der Waals surface area contributed by atoms with E-state index in [9.17, 15) is 4.79 Å². The number of esters is 1. The lowest BCUT2D eigenvalue weighted by Gasteiger charge is -2.29. The molecule has 1 saturated heterocycles. The van der Waals surface area contributed by atoms with Crippen molar-refractivity contribution in [2.24, 2.45) is 0 Å². The van der Waals surface area contributed by atoms with Crippen molar-refractivity contribution in [1.82, 2.24) is 14.9 Å². The summed E-state index contributed by atoms with van der Waals surface area (Å²) in [6.07, 6.45) is 3.76. The fraction of sp³-hybridized carbons (Fsp3) is 0.207. The SMILES string of the molecule is COC(=O)c1ccccc1-n1cccc1[C@@H]1[C@@H](c2ccccn2)NC(=S)N1c1ccc(C(C)C)cc1. The molecule has 0 bridgehead atoms. The van der Waals surface area contributed by atoms with Crippen molar-refractivity contribution < 1.29 is 9.53 Å². The minimum absolute atomic E-state index is 0.192. The summed E-state index contributed by atoms with van der Waals surface area (Å²) in [5.41, 5.74) is 5.37. The van der Waals surface area contributed by atoms with E-state index in [1.165, 1.54) is 12.7 Å². The normalized spacial score (nSPS) is 17.3. The predicted molar refractivity (Wildman–Crippen MR) is 146 cm³/mol. The number of rotatable bonds is 6. The number of nitrogens with zero attached hydrogens (tertiary/aromatic N) is 3. The lowest BCUT2D eigenvalue weighted by molar-refractivity contribution is 0.0600. The monoisotopic (exact) mass is 496 g/mol. The molecule has 2 aromatic heterocycles. The Kier molecular flexibility index (Phi) is 6.57. The van der Waals surface area contributed by atoms with E-state index < -0.39 is 0 Å². The second-order valence-corrected chi connectivity index (χ2v) is 9.44. The second-order valence-electron chi connectivity index (χ2n) is 9.05. The quantitative estimate of drug-likeness (QED) is 0.263. The van der Waals surface area contributed by atoms with Gasteiger partial charge in [-0.3, -0.25) is 4.98 Å². The summed E-state index contributed by atoms with van der Waals surface area (Å²) in [4.78, 5) is 19.4. The maximum absolute atomic E-state index is 12.6. The van der Waals surface area contributed by atoms with Gasteiger partial charge in [-0.2, -0.15) is 0 Å². The van der Waals surface area contributed by atoms with E-state index in [2.05, 4.69) is 59.4 Å². The molecule has 182 valence electrons. The van der Waals surface area contributed by atoms with E-state index in [1.54, 1.807) is 12.3 Å². The first kappa shape index (κ1) is 23.8. The van der Waals surface area contributed by atoms with E-state index in [4.69, 9.17) is 17.0 Å². The third kappa shape index (κ3) is 4.27. The first-order valence-corrected chi connectivity index (χ1v) is 12.4. The Morgan fingerprint density at radius 2 is 1.75 bits per heavy atom. The largest absolute Gasteiger partial charge is 0.465 e. The number of para-hydroxylation sites is 1. The minimum Gasteiger partial charge on any atom is -0.465 e. The molecular formula is C29H28N4O2S. The van der Waals surface area contributed by atoms with Crippen LogP contribution in [-0.4, -0.2) is 27.7 Å². The smallest absolute Gasteiger partial charge is 0.339 e. The molecule has 1 fully saturated rings. The highest BCUT2D eigenvalue weighted by atomic mass is 32.1. The molecule has 7 heteroatoms. The third-order valence-electron chi connectivity index (χ3n) is 6.59. The minimum atomic E-state index is -0.382. The van der Waals surface area contributed by atoms with Gasteiger partial charge in [0.15, 0.2) is 5.11 Å². The Morgan fingerprint density at radius 3 is 2.44 bits per heavy atom. The van der Waals surface area contributed by atoms with Crippen LogP contribution in [0.3, 0.4) is 0 Å². The van der Waals surface area contributed by atoms with Gasteiger partial charge >= 0.3 is 5.97 Å². The number of aromatic nitrogens is 2. The molecule has 6 nitrogen and oxygen atoms in total. The Labute approximate surface area is 216 Å². The maximum atomic E-state index is 12.6. The molecule has 4 aromatic rings. The van der Waals surface area contributed by atoms with Crippen LogP contribution in [0.15, 0.2) is 91.3 Å². The number of ether oxygens (including phenoxy) is 1. The van der Waals surface area contributed by atoms with Crippen molar-refractivity contribution in [3.05, 3.63) is 114 Å². The van der Waals surface area contributed by atoms with Crippen molar-refractivity contribution in [1.29, 1.82) is 0 Å². The van der Waals surface area contributed by atoms with E-state index in [-0.39, 0.29) is 18.1 Å². The average molecular weight is 497 g/mol. The molecule has 2 aromatic carbocycles. The van der Waals surface area contributed by atoms with Crippen molar-refractivity contribution in [2.45, 2.75) is 31.8 Å². The number of hydrogen-bond donors (Lipinski definition) is 1. The van der Waals surface area contributed by atoms with Crippen LogP contribution in [0.2, 0.25) is 0 Å². The highest BCUT2D eigenvalue weighted by molar-refractivity contribution is 7.80. The Bertz CT molecular complexity index is 1380. The summed E-state index contributed by atoms with van der Waals surface area (Å²) in [5, 5.41) is 4.14. The molecule has 3 heterocycles. The van der Waals surface area contributed by atoms with Crippen molar-refractivity contribution in [3.8, 4) is 5.69 Å². The number of carbonyl (C=O) groups excluding carboxylic acids is 1. The summed E-state index contributed by atoms with van der Waals surface area (Å²) in [6, 6.07) is 25.5. The molecule has 0 spiro atoms. The van der Waals surface area contributed by atoms with Gasteiger partial charge < -0.3 is 19.5 Å². The fourth-order valence-electron chi connectivity index (χ4n) is 4.77. The standard InChI is InChI=1S/C29H28N4O2S/c1-19(2)20-13-15-21(16-14-20)33-27(26(31-29(33)36)23-10-6-7-17-30-23)25-12-8-18-32(25)24-11-5-4-9-22(24)28(34)35-3/h4-19,26-27H,1-3H3,(H,31,36)/t26-,27-/m1/s1. The van der Waals surface area contributed by atoms with E-state index in [0.29, 0.717) is 16.6 Å². The zero-order chi connectivity index (χ0) is 25.2. The first-order valence-electron chi connectivity index (χ1n) is 11.9. The topological polar surface area (TPSA) is 59.4 Å². The number of hydrogen-bond acceptors (Lipinski definition) is 4. The maximum Gasteiger partial charge on any atom is 0.339 e. The molecular weight excluding hydrogens is 468 g/mol. The summed E-state index contributed by atoms with van der Waals surface area (Å²) in [5.74, 6) is 0.0551. The van der Waals surface area contributed by atoms with Crippen LogP contribution in [0.1, 0.15) is 59.2 Å². The van der Waals surface area contributed by atoms with Crippen molar-refractivity contribution in [3.63, 3.8) is 0 Å². The third-order valence-corrected chi connectivity index (χ3v) is 6.90. The van der Waals surface area contributed by atoms with Gasteiger partial charge in [-0.25, -0.2) is 4.79 Å². The molecule has 2 atom stereocenters. The highest BCUT2D eigenvalue weighted by Gasteiger charge is 2.42. The number of benzene rings is 2. The summed E-state index contributed by atoms with van der Waals surface area (Å²) in [7, 11) is 1.40. The van der Waals surface area contributed by atoms with Gasteiger partial charge in [0.2, 0.25) is 0 Å². The van der Waals surface area contributed by atoms with Gasteiger partial charge in [0.1, 0.15) is 6.04 Å². The fourth-order valence-corrected chi connectivity index (χ4v) is 5.12. The van der Waals surface area contributed by atoms with Gasteiger partial charge in [0.05, 0.1) is 30.1 Å². The van der Waals surface area contributed by atoms with E-state index in [0.717, 1.165) is 22.8 Å². The molecule has 1 N–H and O–H groups in total. The van der Waals surface area contributed by atoms with Crippen molar-refractivity contribution >= 4 is 29.0 Å². The van der Waals surface area contributed by atoms with Crippen LogP contribution < -0.4 is 10.2 Å². The molecule has 1 aliphatic rings. The summed E-state index contributed by atoms with van der Waals surface area (Å²) in [6.45, 7) is 4.37. The van der Waals surface area contributed by atoms with Crippen LogP contribution in [0, 0.1) is 0 Å². The number of methoxy groups -OCH3 is 1. The number of carbonyl (C=O) groups is 1. The zero-order valence-electron chi connectivity index (χ0n) is 20.5. The molecule has 0 saturated carbocycles. The van der Waals surface area contributed by atoms with Gasteiger partial charge in [0, 0.05) is 23.8 Å². The molecule has 5 rings (SSSR count). The molecule has 0 aliphatic carbocycles. The number of pyridine rings is 1. The molecule has 1 aliphatic heterocycles. The zero-order valence-corrected chi connectivity index (χ0v) is 21.3. The molecule has 36 heavy (non-hydrogen) atoms. The lowest BCUT2D eigenvalue weighted by atomic mass is 9.99. The molecule has 0 amide bonds. The average Bonchev–Trinajstić information content (AvgIpc) is 3.53. The van der Waals surface area contributed by atoms with Crippen LogP contribution in [0.25, 0.3) is 5.69 Å². The van der Waals surface area contributed by atoms with Crippen LogP contribution >= 0.6 is 12.2 Å². The lowest BCUT2D eigenvalue weighted by Crippen LogP contribution is -2.30. The number of thiocarbonyl (C=S) groups is 1. The van der Waals surface area contributed by atoms with Gasteiger partial charge in [-0.05, 0) is 72.2 Å². The van der Waals surface area contributed by atoms with Gasteiger partial charge in [-0.15, -0.1) is 0 Å². The molecule has 0 radical (unpaired) electrons. The Balaban J connectivity index is 1.66.